The topological polar surface area (TPSA) is 96.0 Å². The number of nitrogens with one attached hydrogen (secondary N) is 3. The van der Waals surface area contributed by atoms with E-state index in [1.807, 2.05) is 0 Å². The Hall–Kier alpha value is -2.32. The third-order valence-electron chi connectivity index (χ3n) is 2.84. The van der Waals surface area contributed by atoms with Crippen molar-refractivity contribution < 1.29 is 9.59 Å². The largest absolute Gasteiger partial charge is 0.351 e. The Bertz CT molecular complexity index is 603. The zero-order chi connectivity index (χ0) is 15.8. The van der Waals surface area contributed by atoms with Crippen molar-refractivity contribution in [2.24, 2.45) is 0 Å². The molecule has 7 nitrogen and oxygen atoms in total. The zero-order valence-corrected chi connectivity index (χ0v) is 12.9. The van der Waals surface area contributed by atoms with E-state index >= 15 is 0 Å². The Morgan fingerprint density at radius 2 is 2.18 bits per heavy atom. The first kappa shape index (κ1) is 16.1. The fraction of sp³-hybridized carbons (Fsp3) is 0.286. The van der Waals surface area contributed by atoms with E-state index in [1.165, 1.54) is 17.5 Å². The van der Waals surface area contributed by atoms with Gasteiger partial charge in [0.15, 0.2) is 5.13 Å². The number of aromatic nitrogens is 2. The van der Waals surface area contributed by atoms with Gasteiger partial charge >= 0.3 is 0 Å². The van der Waals surface area contributed by atoms with Crippen LogP contribution in [0.5, 0.6) is 0 Å². The van der Waals surface area contributed by atoms with Crippen LogP contribution in [0.25, 0.3) is 0 Å². The van der Waals surface area contributed by atoms with Crippen molar-refractivity contribution in [2.75, 3.05) is 18.4 Å². The van der Waals surface area contributed by atoms with Gasteiger partial charge in [-0.15, -0.1) is 11.3 Å². The maximum absolute atomic E-state index is 11.9. The minimum absolute atomic E-state index is 0.159. The summed E-state index contributed by atoms with van der Waals surface area (Å²) in [7, 11) is 0. The normalized spacial score (nSPS) is 11.7. The molecule has 0 aromatic carbocycles. The Morgan fingerprint density at radius 3 is 2.86 bits per heavy atom. The van der Waals surface area contributed by atoms with E-state index in [2.05, 4.69) is 25.9 Å². The lowest BCUT2D eigenvalue weighted by Gasteiger charge is -2.13. The molecule has 1 atom stereocenters. The first-order valence-electron chi connectivity index (χ1n) is 6.79. The highest BCUT2D eigenvalue weighted by molar-refractivity contribution is 7.13. The van der Waals surface area contributed by atoms with Crippen LogP contribution < -0.4 is 16.0 Å². The molecule has 2 aromatic rings. The van der Waals surface area contributed by atoms with E-state index in [9.17, 15) is 9.59 Å². The molecule has 0 fully saturated rings. The van der Waals surface area contributed by atoms with Gasteiger partial charge in [0.05, 0.1) is 11.6 Å². The van der Waals surface area contributed by atoms with E-state index in [1.54, 1.807) is 36.8 Å². The first-order chi connectivity index (χ1) is 10.7. The summed E-state index contributed by atoms with van der Waals surface area (Å²) in [6.07, 6.45) is 4.75. The summed E-state index contributed by atoms with van der Waals surface area (Å²) in [6.45, 7) is 2.66. The number of hydrogen-bond acceptors (Lipinski definition) is 6. The van der Waals surface area contributed by atoms with Gasteiger partial charge in [0.25, 0.3) is 5.91 Å². The summed E-state index contributed by atoms with van der Waals surface area (Å²) in [5.74, 6) is -0.344. The van der Waals surface area contributed by atoms with Gasteiger partial charge in [-0.1, -0.05) is 0 Å². The lowest BCUT2D eigenvalue weighted by Crippen LogP contribution is -2.42. The van der Waals surface area contributed by atoms with Crippen LogP contribution in [0.3, 0.4) is 0 Å². The predicted octanol–water partition coefficient (Wildman–Crippen LogP) is 0.885. The Morgan fingerprint density at radius 1 is 1.32 bits per heavy atom. The van der Waals surface area contributed by atoms with Gasteiger partial charge in [0, 0.05) is 37.1 Å². The number of hydrogen-bond donors (Lipinski definition) is 3. The molecule has 0 spiro atoms. The highest BCUT2D eigenvalue weighted by Gasteiger charge is 2.13. The quantitative estimate of drug-likeness (QED) is 0.659. The lowest BCUT2D eigenvalue weighted by molar-refractivity contribution is -0.117. The lowest BCUT2D eigenvalue weighted by atomic mass is 10.2. The minimum atomic E-state index is -0.376. The molecule has 2 aromatic heterocycles. The van der Waals surface area contributed by atoms with Crippen molar-refractivity contribution in [3.05, 3.63) is 41.7 Å². The molecule has 3 N–H and O–H groups in total. The second-order valence-electron chi connectivity index (χ2n) is 4.50. The van der Waals surface area contributed by atoms with Crippen LogP contribution >= 0.6 is 11.3 Å². The monoisotopic (exact) mass is 319 g/mol. The molecule has 0 unspecified atom stereocenters. The van der Waals surface area contributed by atoms with Crippen molar-refractivity contribution in [2.45, 2.75) is 13.0 Å². The van der Waals surface area contributed by atoms with E-state index in [0.717, 1.165) is 0 Å². The van der Waals surface area contributed by atoms with Crippen LogP contribution in [-0.4, -0.2) is 40.9 Å². The summed E-state index contributed by atoms with van der Waals surface area (Å²) >= 11 is 1.36. The van der Waals surface area contributed by atoms with Crippen LogP contribution in [0, 0.1) is 0 Å². The maximum Gasteiger partial charge on any atom is 0.252 e. The van der Waals surface area contributed by atoms with Crippen LogP contribution in [0.2, 0.25) is 0 Å². The van der Waals surface area contributed by atoms with E-state index < -0.39 is 0 Å². The van der Waals surface area contributed by atoms with Crippen LogP contribution in [0.1, 0.15) is 17.3 Å². The second kappa shape index (κ2) is 8.20. The van der Waals surface area contributed by atoms with Crippen molar-refractivity contribution in [1.29, 1.82) is 0 Å². The van der Waals surface area contributed by atoms with Gasteiger partial charge in [0.1, 0.15) is 0 Å². The fourth-order valence-electron chi connectivity index (χ4n) is 1.66. The van der Waals surface area contributed by atoms with Crippen LogP contribution in [-0.2, 0) is 4.79 Å². The number of nitrogens with zero attached hydrogens (tertiary/aromatic N) is 2. The fourth-order valence-corrected chi connectivity index (χ4v) is 2.19. The Kier molecular flexibility index (Phi) is 5.99. The first-order valence-corrected chi connectivity index (χ1v) is 7.67. The van der Waals surface area contributed by atoms with Crippen LogP contribution in [0.4, 0.5) is 5.13 Å². The molecule has 0 saturated heterocycles. The van der Waals surface area contributed by atoms with Gasteiger partial charge in [0.2, 0.25) is 5.91 Å². The molecular weight excluding hydrogens is 302 g/mol. The molecule has 8 heteroatoms. The summed E-state index contributed by atoms with van der Waals surface area (Å²) in [4.78, 5) is 31.5. The molecule has 22 heavy (non-hydrogen) atoms. The number of rotatable bonds is 7. The average molecular weight is 319 g/mol. The molecule has 2 amide bonds. The molecule has 116 valence electrons. The standard InChI is InChI=1S/C14H17N5O2S/c1-10(12(20)19-14-18-7-8-22-14)16-5-6-17-13(21)11-3-2-4-15-9-11/h2-4,7-10,16H,5-6H2,1H3,(H,17,21)(H,18,19,20)/t10-/m0/s1. The summed E-state index contributed by atoms with van der Waals surface area (Å²) in [5.41, 5.74) is 0.511. The number of carbonyl (C=O) groups is 2. The van der Waals surface area contributed by atoms with E-state index in [4.69, 9.17) is 0 Å². The maximum atomic E-state index is 11.9. The van der Waals surface area contributed by atoms with Crippen molar-refractivity contribution in [3.63, 3.8) is 0 Å². The summed E-state index contributed by atoms with van der Waals surface area (Å²) in [5, 5.41) is 10.9. The van der Waals surface area contributed by atoms with Crippen molar-refractivity contribution in [3.8, 4) is 0 Å². The number of amides is 2. The highest BCUT2D eigenvalue weighted by atomic mass is 32.1. The van der Waals surface area contributed by atoms with E-state index in [-0.39, 0.29) is 17.9 Å². The van der Waals surface area contributed by atoms with E-state index in [0.29, 0.717) is 23.8 Å². The average Bonchev–Trinajstić information content (AvgIpc) is 3.04. The molecule has 0 bridgehead atoms. The van der Waals surface area contributed by atoms with Gasteiger partial charge in [-0.25, -0.2) is 4.98 Å². The molecule has 2 rings (SSSR count). The van der Waals surface area contributed by atoms with Gasteiger partial charge in [-0.05, 0) is 19.1 Å². The zero-order valence-electron chi connectivity index (χ0n) is 12.1. The molecule has 0 aliphatic heterocycles. The molecule has 2 heterocycles. The smallest absolute Gasteiger partial charge is 0.252 e. The van der Waals surface area contributed by atoms with Gasteiger partial charge in [-0.2, -0.15) is 0 Å². The SMILES string of the molecule is C[C@H](NCCNC(=O)c1cccnc1)C(=O)Nc1nccs1. The number of carbonyl (C=O) groups excluding carboxylic acids is 2. The van der Waals surface area contributed by atoms with Gasteiger partial charge < -0.3 is 16.0 Å². The van der Waals surface area contributed by atoms with Crippen LogP contribution in [0.15, 0.2) is 36.1 Å². The molecule has 0 radical (unpaired) electrons. The predicted molar refractivity (Wildman–Crippen MR) is 84.8 cm³/mol. The number of pyridine rings is 1. The van der Waals surface area contributed by atoms with Crippen molar-refractivity contribution in [1.82, 2.24) is 20.6 Å². The summed E-state index contributed by atoms with van der Waals surface area (Å²) in [6, 6.07) is 3.03. The molecule has 0 aliphatic carbocycles. The molecular formula is C14H17N5O2S. The summed E-state index contributed by atoms with van der Waals surface area (Å²) < 4.78 is 0. The second-order valence-corrected chi connectivity index (χ2v) is 5.39. The molecule has 0 aliphatic rings. The van der Waals surface area contributed by atoms with Crippen molar-refractivity contribution >= 4 is 28.3 Å². The number of anilines is 1. The third-order valence-corrected chi connectivity index (χ3v) is 3.53. The minimum Gasteiger partial charge on any atom is -0.351 e. The third kappa shape index (κ3) is 4.90. The van der Waals surface area contributed by atoms with Gasteiger partial charge in [-0.3, -0.25) is 14.6 Å². The highest BCUT2D eigenvalue weighted by Crippen LogP contribution is 2.10. The number of thiazole rings is 1. The Labute approximate surface area is 132 Å². The Balaban J connectivity index is 1.65. The molecule has 0 saturated carbocycles.